The van der Waals surface area contributed by atoms with Crippen LogP contribution in [0.3, 0.4) is 0 Å². The van der Waals surface area contributed by atoms with Crippen molar-refractivity contribution in [3.05, 3.63) is 18.2 Å². The minimum Gasteiger partial charge on any atom is -0.392 e. The van der Waals surface area contributed by atoms with Gasteiger partial charge >= 0.3 is 0 Å². The number of aliphatic hydroxyl groups is 1. The van der Waals surface area contributed by atoms with Crippen molar-refractivity contribution >= 4 is 0 Å². The molecule has 1 saturated carbocycles. The van der Waals surface area contributed by atoms with Crippen molar-refractivity contribution in [2.45, 2.75) is 71.9 Å². The van der Waals surface area contributed by atoms with Gasteiger partial charge in [0, 0.05) is 25.4 Å². The first-order valence-electron chi connectivity index (χ1n) is 7.75. The van der Waals surface area contributed by atoms with Crippen LogP contribution in [0.5, 0.6) is 0 Å². The first-order chi connectivity index (χ1) is 9.07. The van der Waals surface area contributed by atoms with E-state index in [1.54, 1.807) is 0 Å². The van der Waals surface area contributed by atoms with Gasteiger partial charge in [-0.15, -0.1) is 0 Å². The molecule has 0 spiro atoms. The summed E-state index contributed by atoms with van der Waals surface area (Å²) in [4.78, 5) is 4.41. The smallest absolute Gasteiger partial charge is 0.111 e. The molecule has 1 atom stereocenters. The third kappa shape index (κ3) is 3.19. The molecule has 1 fully saturated rings. The molecule has 2 rings (SSSR count). The molecule has 19 heavy (non-hydrogen) atoms. The number of aryl methyl sites for hydroxylation is 1. The zero-order valence-corrected chi connectivity index (χ0v) is 12.6. The van der Waals surface area contributed by atoms with E-state index in [0.717, 1.165) is 18.8 Å². The molecule has 0 bridgehead atoms. The maximum absolute atomic E-state index is 10.8. The van der Waals surface area contributed by atoms with E-state index in [4.69, 9.17) is 0 Å². The van der Waals surface area contributed by atoms with Gasteiger partial charge in [0.05, 0.1) is 6.10 Å². The third-order valence-corrected chi connectivity index (χ3v) is 4.64. The van der Waals surface area contributed by atoms with Crippen LogP contribution < -0.4 is 0 Å². The Bertz CT molecular complexity index is 391. The van der Waals surface area contributed by atoms with Gasteiger partial charge in [0.15, 0.2) is 0 Å². The number of nitrogens with zero attached hydrogens (tertiary/aromatic N) is 2. The largest absolute Gasteiger partial charge is 0.392 e. The minimum atomic E-state index is -0.245. The highest BCUT2D eigenvalue weighted by Crippen LogP contribution is 2.46. The monoisotopic (exact) mass is 264 g/mol. The predicted octanol–water partition coefficient (Wildman–Crippen LogP) is 3.41. The van der Waals surface area contributed by atoms with E-state index in [2.05, 4.69) is 30.3 Å². The van der Waals surface area contributed by atoms with Crippen LogP contribution in [-0.2, 0) is 13.0 Å². The molecule has 1 aliphatic carbocycles. The van der Waals surface area contributed by atoms with Gasteiger partial charge in [-0.2, -0.15) is 0 Å². The van der Waals surface area contributed by atoms with Gasteiger partial charge in [0.1, 0.15) is 5.82 Å². The summed E-state index contributed by atoms with van der Waals surface area (Å²) in [6.07, 6.45) is 10.3. The Labute approximate surface area is 117 Å². The highest BCUT2D eigenvalue weighted by molar-refractivity contribution is 5.00. The summed E-state index contributed by atoms with van der Waals surface area (Å²) < 4.78 is 2.14. The predicted molar refractivity (Wildman–Crippen MR) is 78.0 cm³/mol. The van der Waals surface area contributed by atoms with Crippen LogP contribution in [0, 0.1) is 11.3 Å². The minimum absolute atomic E-state index is 0.138. The lowest BCUT2D eigenvalue weighted by Crippen LogP contribution is -2.36. The van der Waals surface area contributed by atoms with Crippen molar-refractivity contribution in [2.75, 3.05) is 0 Å². The first-order valence-corrected chi connectivity index (χ1v) is 7.75. The summed E-state index contributed by atoms with van der Waals surface area (Å²) >= 11 is 0. The van der Waals surface area contributed by atoms with E-state index < -0.39 is 0 Å². The number of aliphatic hydroxyl groups excluding tert-OH is 1. The lowest BCUT2D eigenvalue weighted by molar-refractivity contribution is 0.0115. The van der Waals surface area contributed by atoms with Crippen LogP contribution in [0.15, 0.2) is 12.4 Å². The number of aromatic nitrogens is 2. The maximum Gasteiger partial charge on any atom is 0.111 e. The SMILES string of the molecule is CCn1ccnc1CC(O)C1(CC(C)C)CCCC1. The van der Waals surface area contributed by atoms with Crippen molar-refractivity contribution in [2.24, 2.45) is 11.3 Å². The lowest BCUT2D eigenvalue weighted by atomic mass is 9.73. The van der Waals surface area contributed by atoms with Gasteiger partial charge in [0.2, 0.25) is 0 Å². The lowest BCUT2D eigenvalue weighted by Gasteiger charge is -2.36. The average Bonchev–Trinajstić information content (AvgIpc) is 2.98. The quantitative estimate of drug-likeness (QED) is 0.855. The molecule has 1 N–H and O–H groups in total. The first kappa shape index (κ1) is 14.6. The molecule has 3 nitrogen and oxygen atoms in total. The number of rotatable bonds is 6. The van der Waals surface area contributed by atoms with Crippen LogP contribution in [0.1, 0.15) is 58.7 Å². The molecule has 1 aliphatic rings. The molecule has 3 heteroatoms. The second-order valence-electron chi connectivity index (χ2n) is 6.52. The Morgan fingerprint density at radius 3 is 2.63 bits per heavy atom. The standard InChI is InChI=1S/C16H28N2O/c1-4-18-10-9-17-15(18)11-14(19)16(12-13(2)3)7-5-6-8-16/h9-10,13-14,19H,4-8,11-12H2,1-3H3. The molecular formula is C16H28N2O. The summed E-state index contributed by atoms with van der Waals surface area (Å²) in [7, 11) is 0. The van der Waals surface area contributed by atoms with E-state index in [9.17, 15) is 5.11 Å². The van der Waals surface area contributed by atoms with Crippen molar-refractivity contribution in [3.8, 4) is 0 Å². The molecule has 1 unspecified atom stereocenters. The van der Waals surface area contributed by atoms with E-state index in [0.29, 0.717) is 12.3 Å². The molecule has 0 saturated heterocycles. The normalized spacial score (nSPS) is 20.1. The molecule has 0 aliphatic heterocycles. The van der Waals surface area contributed by atoms with E-state index in [1.807, 2.05) is 12.4 Å². The fraction of sp³-hybridized carbons (Fsp3) is 0.812. The van der Waals surface area contributed by atoms with Gasteiger partial charge in [-0.05, 0) is 37.5 Å². The Morgan fingerprint density at radius 1 is 1.37 bits per heavy atom. The summed E-state index contributed by atoms with van der Waals surface area (Å²) in [6.45, 7) is 7.58. The summed E-state index contributed by atoms with van der Waals surface area (Å²) in [6, 6.07) is 0. The van der Waals surface area contributed by atoms with Crippen molar-refractivity contribution < 1.29 is 5.11 Å². The topological polar surface area (TPSA) is 38.0 Å². The maximum atomic E-state index is 10.8. The Kier molecular flexibility index (Phi) is 4.67. The molecule has 108 valence electrons. The van der Waals surface area contributed by atoms with E-state index in [1.165, 1.54) is 25.7 Å². The third-order valence-electron chi connectivity index (χ3n) is 4.64. The van der Waals surface area contributed by atoms with Gasteiger partial charge < -0.3 is 9.67 Å². The van der Waals surface area contributed by atoms with Crippen LogP contribution in [0.4, 0.5) is 0 Å². The zero-order chi connectivity index (χ0) is 13.9. The van der Waals surface area contributed by atoms with E-state index >= 15 is 0 Å². The molecule has 0 amide bonds. The van der Waals surface area contributed by atoms with Crippen molar-refractivity contribution in [1.82, 2.24) is 9.55 Å². The molecule has 1 aromatic rings. The van der Waals surface area contributed by atoms with Gasteiger partial charge in [0.25, 0.3) is 0 Å². The van der Waals surface area contributed by atoms with Crippen LogP contribution in [0.25, 0.3) is 0 Å². The second kappa shape index (κ2) is 6.08. The summed E-state index contributed by atoms with van der Waals surface area (Å²) in [5.74, 6) is 1.68. The molecule has 0 radical (unpaired) electrons. The Hall–Kier alpha value is -0.830. The number of imidazole rings is 1. The average molecular weight is 264 g/mol. The Balaban J connectivity index is 2.09. The highest BCUT2D eigenvalue weighted by Gasteiger charge is 2.41. The van der Waals surface area contributed by atoms with E-state index in [-0.39, 0.29) is 11.5 Å². The van der Waals surface area contributed by atoms with Crippen LogP contribution >= 0.6 is 0 Å². The zero-order valence-electron chi connectivity index (χ0n) is 12.6. The van der Waals surface area contributed by atoms with Gasteiger partial charge in [-0.1, -0.05) is 26.7 Å². The summed E-state index contributed by atoms with van der Waals surface area (Å²) in [5.41, 5.74) is 0.138. The highest BCUT2D eigenvalue weighted by atomic mass is 16.3. The van der Waals surface area contributed by atoms with Crippen LogP contribution in [-0.4, -0.2) is 20.8 Å². The fourth-order valence-corrected chi connectivity index (χ4v) is 3.77. The second-order valence-corrected chi connectivity index (χ2v) is 6.52. The van der Waals surface area contributed by atoms with Gasteiger partial charge in [-0.3, -0.25) is 0 Å². The van der Waals surface area contributed by atoms with Crippen molar-refractivity contribution in [1.29, 1.82) is 0 Å². The molecular weight excluding hydrogens is 236 g/mol. The summed E-state index contributed by atoms with van der Waals surface area (Å²) in [5, 5.41) is 10.8. The number of hydrogen-bond donors (Lipinski definition) is 1. The molecule has 0 aromatic carbocycles. The van der Waals surface area contributed by atoms with Gasteiger partial charge in [-0.25, -0.2) is 4.98 Å². The molecule has 1 aromatic heterocycles. The fourth-order valence-electron chi connectivity index (χ4n) is 3.77. The van der Waals surface area contributed by atoms with Crippen molar-refractivity contribution in [3.63, 3.8) is 0 Å². The van der Waals surface area contributed by atoms with Crippen LogP contribution in [0.2, 0.25) is 0 Å². The Morgan fingerprint density at radius 2 is 2.05 bits per heavy atom. The number of hydrogen-bond acceptors (Lipinski definition) is 2. The molecule has 1 heterocycles.